The molecule has 1 heterocycles. The van der Waals surface area contributed by atoms with E-state index in [1.807, 2.05) is 50.2 Å². The Morgan fingerprint density at radius 1 is 1.16 bits per heavy atom. The van der Waals surface area contributed by atoms with Gasteiger partial charge in [-0.1, -0.05) is 48.0 Å². The average Bonchev–Trinajstić information content (AvgIpc) is 2.60. The zero-order valence-corrected chi connectivity index (χ0v) is 15.6. The summed E-state index contributed by atoms with van der Waals surface area (Å²) < 4.78 is 0. The molecule has 1 N–H and O–H groups in total. The number of amides is 1. The minimum atomic E-state index is 0.0234. The number of hydrogen-bond donors (Lipinski definition) is 1. The number of rotatable bonds is 4. The first kappa shape index (κ1) is 18.0. The maximum Gasteiger partial charge on any atom is 0.228 e. The molecular weight excluding hydrogens is 332 g/mol. The highest BCUT2D eigenvalue weighted by Gasteiger charge is 2.26. The van der Waals surface area contributed by atoms with Gasteiger partial charge >= 0.3 is 0 Å². The molecule has 0 bridgehead atoms. The predicted molar refractivity (Wildman–Crippen MR) is 104 cm³/mol. The second-order valence-electron chi connectivity index (χ2n) is 6.92. The van der Waals surface area contributed by atoms with E-state index in [0.717, 1.165) is 59.9 Å². The van der Waals surface area contributed by atoms with Gasteiger partial charge in [0.1, 0.15) is 0 Å². The van der Waals surface area contributed by atoms with E-state index >= 15 is 0 Å². The minimum absolute atomic E-state index is 0.0234. The first-order valence-corrected chi connectivity index (χ1v) is 9.25. The molecule has 25 heavy (non-hydrogen) atoms. The Balaban J connectivity index is 1.65. The fourth-order valence-electron chi connectivity index (χ4n) is 3.52. The van der Waals surface area contributed by atoms with Crippen LogP contribution < -0.4 is 5.32 Å². The number of nitrogens with zero attached hydrogens (tertiary/aromatic N) is 1. The zero-order chi connectivity index (χ0) is 17.8. The third-order valence-corrected chi connectivity index (χ3v) is 5.33. The number of halogens is 1. The van der Waals surface area contributed by atoms with Gasteiger partial charge in [-0.25, -0.2) is 0 Å². The van der Waals surface area contributed by atoms with E-state index in [1.165, 1.54) is 0 Å². The van der Waals surface area contributed by atoms with Gasteiger partial charge in [0.15, 0.2) is 0 Å². The molecule has 1 amide bonds. The van der Waals surface area contributed by atoms with E-state index in [-0.39, 0.29) is 11.8 Å². The molecule has 1 atom stereocenters. The lowest BCUT2D eigenvalue weighted by Gasteiger charge is -2.32. The molecule has 1 saturated heterocycles. The molecule has 0 aromatic heterocycles. The van der Waals surface area contributed by atoms with Crippen LogP contribution in [0.25, 0.3) is 0 Å². The number of carbonyl (C=O) groups is 1. The molecule has 3 nitrogen and oxygen atoms in total. The minimum Gasteiger partial charge on any atom is -0.325 e. The number of likely N-dealkylation sites (tertiary alicyclic amines) is 1. The Bertz CT molecular complexity index is 739. The summed E-state index contributed by atoms with van der Waals surface area (Å²) in [4.78, 5) is 15.1. The van der Waals surface area contributed by atoms with Gasteiger partial charge in [-0.2, -0.15) is 0 Å². The lowest BCUT2D eigenvalue weighted by molar-refractivity contribution is -0.121. The van der Waals surface area contributed by atoms with Crippen molar-refractivity contribution in [1.82, 2.24) is 4.90 Å². The van der Waals surface area contributed by atoms with Gasteiger partial charge in [0.05, 0.1) is 5.92 Å². The summed E-state index contributed by atoms with van der Waals surface area (Å²) in [5.74, 6) is 0.150. The molecule has 2 aromatic carbocycles. The Hall–Kier alpha value is -1.84. The van der Waals surface area contributed by atoms with Crippen LogP contribution in [0.5, 0.6) is 0 Å². The fraction of sp³-hybridized carbons (Fsp3) is 0.381. The van der Waals surface area contributed by atoms with Crippen molar-refractivity contribution in [3.05, 3.63) is 64.2 Å². The summed E-state index contributed by atoms with van der Waals surface area (Å²) in [6, 6.07) is 14.0. The van der Waals surface area contributed by atoms with Crippen molar-refractivity contribution >= 4 is 23.2 Å². The summed E-state index contributed by atoms with van der Waals surface area (Å²) in [5.41, 5.74) is 4.30. The van der Waals surface area contributed by atoms with Crippen LogP contribution in [0.2, 0.25) is 5.02 Å². The molecule has 0 saturated carbocycles. The number of aryl methyl sites for hydroxylation is 2. The number of benzene rings is 2. The number of para-hydroxylation sites is 1. The highest BCUT2D eigenvalue weighted by molar-refractivity contribution is 6.31. The van der Waals surface area contributed by atoms with Gasteiger partial charge in [0, 0.05) is 23.8 Å². The van der Waals surface area contributed by atoms with Crippen molar-refractivity contribution in [3.8, 4) is 0 Å². The predicted octanol–water partition coefficient (Wildman–Crippen LogP) is 4.81. The molecule has 2 aromatic rings. The van der Waals surface area contributed by atoms with Crippen molar-refractivity contribution in [2.24, 2.45) is 5.92 Å². The SMILES string of the molecule is Cc1cccc(C)c1NC(=O)[C@H]1CCCN(Cc2ccccc2Cl)C1. The third-order valence-electron chi connectivity index (χ3n) is 4.96. The monoisotopic (exact) mass is 356 g/mol. The van der Waals surface area contributed by atoms with E-state index in [4.69, 9.17) is 11.6 Å². The van der Waals surface area contributed by atoms with E-state index < -0.39 is 0 Å². The quantitative estimate of drug-likeness (QED) is 0.852. The van der Waals surface area contributed by atoms with E-state index in [9.17, 15) is 4.79 Å². The lowest BCUT2D eigenvalue weighted by atomic mass is 9.96. The highest BCUT2D eigenvalue weighted by atomic mass is 35.5. The first-order valence-electron chi connectivity index (χ1n) is 8.87. The van der Waals surface area contributed by atoms with Gasteiger partial charge < -0.3 is 5.32 Å². The topological polar surface area (TPSA) is 32.3 Å². The summed E-state index contributed by atoms with van der Waals surface area (Å²) in [6.07, 6.45) is 1.98. The van der Waals surface area contributed by atoms with Crippen LogP contribution in [-0.2, 0) is 11.3 Å². The van der Waals surface area contributed by atoms with Crippen LogP contribution in [0.4, 0.5) is 5.69 Å². The summed E-state index contributed by atoms with van der Waals surface area (Å²) in [7, 11) is 0. The van der Waals surface area contributed by atoms with E-state index in [1.54, 1.807) is 0 Å². The normalized spacial score (nSPS) is 18.1. The molecule has 0 spiro atoms. The van der Waals surface area contributed by atoms with Gasteiger partial charge in [-0.3, -0.25) is 9.69 Å². The van der Waals surface area contributed by atoms with E-state index in [2.05, 4.69) is 16.3 Å². The molecule has 0 radical (unpaired) electrons. The third kappa shape index (κ3) is 4.42. The molecule has 0 aliphatic carbocycles. The zero-order valence-electron chi connectivity index (χ0n) is 14.9. The standard InChI is InChI=1S/C21H25ClN2O/c1-15-7-5-8-16(2)20(15)23-21(25)18-10-6-12-24(14-18)13-17-9-3-4-11-19(17)22/h3-5,7-9,11,18H,6,10,12-14H2,1-2H3,(H,23,25)/t18-/m0/s1. The van der Waals surface area contributed by atoms with Gasteiger partial charge in [0.25, 0.3) is 0 Å². The van der Waals surface area contributed by atoms with Crippen molar-refractivity contribution in [2.75, 3.05) is 18.4 Å². The number of anilines is 1. The Morgan fingerprint density at radius 2 is 1.88 bits per heavy atom. The molecule has 3 rings (SSSR count). The highest BCUT2D eigenvalue weighted by Crippen LogP contribution is 2.25. The molecule has 4 heteroatoms. The Labute approximate surface area is 155 Å². The van der Waals surface area contributed by atoms with Crippen molar-refractivity contribution < 1.29 is 4.79 Å². The van der Waals surface area contributed by atoms with Crippen molar-refractivity contribution in [1.29, 1.82) is 0 Å². The smallest absolute Gasteiger partial charge is 0.228 e. The molecule has 132 valence electrons. The summed E-state index contributed by atoms with van der Waals surface area (Å²) in [6.45, 7) is 6.66. The Morgan fingerprint density at radius 3 is 2.60 bits per heavy atom. The fourth-order valence-corrected chi connectivity index (χ4v) is 3.71. The largest absolute Gasteiger partial charge is 0.325 e. The number of piperidine rings is 1. The van der Waals surface area contributed by atoms with Gasteiger partial charge in [-0.15, -0.1) is 0 Å². The summed E-state index contributed by atoms with van der Waals surface area (Å²) >= 11 is 6.28. The average molecular weight is 357 g/mol. The molecular formula is C21H25ClN2O. The van der Waals surface area contributed by atoms with Crippen molar-refractivity contribution in [3.63, 3.8) is 0 Å². The van der Waals surface area contributed by atoms with Crippen LogP contribution in [0.1, 0.15) is 29.5 Å². The van der Waals surface area contributed by atoms with Crippen LogP contribution >= 0.6 is 11.6 Å². The maximum atomic E-state index is 12.8. The van der Waals surface area contributed by atoms with E-state index in [0.29, 0.717) is 0 Å². The van der Waals surface area contributed by atoms with Crippen molar-refractivity contribution in [2.45, 2.75) is 33.2 Å². The van der Waals surface area contributed by atoms with Gasteiger partial charge in [-0.05, 0) is 56.0 Å². The maximum absolute atomic E-state index is 12.8. The number of nitrogens with one attached hydrogen (secondary N) is 1. The molecule has 1 aliphatic rings. The molecule has 1 aliphatic heterocycles. The molecule has 0 unspecified atom stereocenters. The lowest BCUT2D eigenvalue weighted by Crippen LogP contribution is -2.40. The van der Waals surface area contributed by atoms with Crippen LogP contribution in [0.3, 0.4) is 0 Å². The van der Waals surface area contributed by atoms with Crippen LogP contribution in [-0.4, -0.2) is 23.9 Å². The van der Waals surface area contributed by atoms with Gasteiger partial charge in [0.2, 0.25) is 5.91 Å². The van der Waals surface area contributed by atoms with Crippen LogP contribution in [0.15, 0.2) is 42.5 Å². The van der Waals surface area contributed by atoms with Crippen LogP contribution in [0, 0.1) is 19.8 Å². The number of carbonyl (C=O) groups excluding carboxylic acids is 1. The summed E-state index contributed by atoms with van der Waals surface area (Å²) in [5, 5.41) is 3.95. The second kappa shape index (κ2) is 8.03. The first-order chi connectivity index (χ1) is 12.0. The number of hydrogen-bond acceptors (Lipinski definition) is 2. The second-order valence-corrected chi connectivity index (χ2v) is 7.33. The molecule has 1 fully saturated rings. The Kier molecular flexibility index (Phi) is 5.77.